The summed E-state index contributed by atoms with van der Waals surface area (Å²) in [5, 5.41) is 0.543. The van der Waals surface area contributed by atoms with E-state index in [4.69, 9.17) is 9.15 Å². The molecule has 4 nitrogen and oxygen atoms in total. The summed E-state index contributed by atoms with van der Waals surface area (Å²) in [5.74, 6) is -0.568. The molecule has 0 aliphatic rings. The lowest BCUT2D eigenvalue weighted by molar-refractivity contribution is 0.0602. The molecule has 0 atom stereocenters. The van der Waals surface area contributed by atoms with E-state index in [1.54, 1.807) is 12.1 Å². The summed E-state index contributed by atoms with van der Waals surface area (Å²) in [6.07, 6.45) is 1.77. The molecule has 3 aromatic rings. The molecule has 4 heteroatoms. The van der Waals surface area contributed by atoms with Gasteiger partial charge in [0.05, 0.1) is 12.7 Å². The van der Waals surface area contributed by atoms with Crippen LogP contribution in [0.2, 0.25) is 0 Å². The zero-order valence-electron chi connectivity index (χ0n) is 12.5. The van der Waals surface area contributed by atoms with E-state index in [-0.39, 0.29) is 5.56 Å². The van der Waals surface area contributed by atoms with Gasteiger partial charge in [0.1, 0.15) is 5.58 Å². The molecular weight excluding hydrogens is 292 g/mol. The van der Waals surface area contributed by atoms with Gasteiger partial charge in [0.15, 0.2) is 0 Å². The molecule has 1 heterocycles. The van der Waals surface area contributed by atoms with Gasteiger partial charge in [0, 0.05) is 11.5 Å². The van der Waals surface area contributed by atoms with Crippen molar-refractivity contribution in [2.75, 3.05) is 7.11 Å². The molecule has 114 valence electrons. The second-order valence-corrected chi connectivity index (χ2v) is 5.01. The Morgan fingerprint density at radius 1 is 1.09 bits per heavy atom. The summed E-state index contributed by atoms with van der Waals surface area (Å²) in [6, 6.07) is 14.3. The molecule has 0 saturated heterocycles. The van der Waals surface area contributed by atoms with Gasteiger partial charge < -0.3 is 9.15 Å². The van der Waals surface area contributed by atoms with Gasteiger partial charge in [-0.05, 0) is 28.8 Å². The van der Waals surface area contributed by atoms with E-state index >= 15 is 0 Å². The number of hydrogen-bond acceptors (Lipinski definition) is 4. The molecule has 1 aromatic heterocycles. The lowest BCUT2D eigenvalue weighted by Crippen LogP contribution is -2.08. The number of esters is 1. The number of rotatable bonds is 3. The first-order chi connectivity index (χ1) is 11.1. The van der Waals surface area contributed by atoms with E-state index in [0.29, 0.717) is 11.0 Å². The molecule has 0 saturated carbocycles. The fourth-order valence-electron chi connectivity index (χ4n) is 2.43. The number of methoxy groups -OCH3 is 1. The second-order valence-electron chi connectivity index (χ2n) is 5.01. The number of carbonyl (C=O) groups is 1. The average molecular weight is 306 g/mol. The maximum Gasteiger partial charge on any atom is 0.338 e. The lowest BCUT2D eigenvalue weighted by Gasteiger charge is -2.07. The predicted molar refractivity (Wildman–Crippen MR) is 89.4 cm³/mol. The minimum atomic E-state index is -0.582. The Morgan fingerprint density at radius 2 is 1.78 bits per heavy atom. The van der Waals surface area contributed by atoms with E-state index in [0.717, 1.165) is 22.8 Å². The van der Waals surface area contributed by atoms with E-state index in [1.807, 2.05) is 36.4 Å². The third-order valence-electron chi connectivity index (χ3n) is 3.63. The van der Waals surface area contributed by atoms with Crippen molar-refractivity contribution in [2.24, 2.45) is 0 Å². The van der Waals surface area contributed by atoms with Gasteiger partial charge in [0.25, 0.3) is 0 Å². The molecular formula is C19H14O4. The van der Waals surface area contributed by atoms with Crippen LogP contribution in [0.15, 0.2) is 64.3 Å². The summed E-state index contributed by atoms with van der Waals surface area (Å²) in [7, 11) is 1.28. The zero-order valence-corrected chi connectivity index (χ0v) is 12.5. The minimum Gasteiger partial charge on any atom is -0.465 e. The van der Waals surface area contributed by atoms with Crippen molar-refractivity contribution in [3.63, 3.8) is 0 Å². The Bertz CT molecular complexity index is 949. The van der Waals surface area contributed by atoms with Gasteiger partial charge in [-0.15, -0.1) is 0 Å². The molecule has 3 rings (SSSR count). The molecule has 0 aliphatic heterocycles. The van der Waals surface area contributed by atoms with Gasteiger partial charge >= 0.3 is 11.6 Å². The quantitative estimate of drug-likeness (QED) is 0.544. The molecule has 0 unspecified atom stereocenters. The fourth-order valence-corrected chi connectivity index (χ4v) is 2.43. The van der Waals surface area contributed by atoms with Crippen molar-refractivity contribution in [1.29, 1.82) is 0 Å². The van der Waals surface area contributed by atoms with E-state index < -0.39 is 11.6 Å². The summed E-state index contributed by atoms with van der Waals surface area (Å²) in [5.41, 5.74) is 2.89. The van der Waals surface area contributed by atoms with Gasteiger partial charge in [-0.3, -0.25) is 0 Å². The van der Waals surface area contributed by atoms with E-state index in [9.17, 15) is 9.59 Å². The first-order valence-electron chi connectivity index (χ1n) is 7.01. The SMILES string of the molecule is C=Cc1ccc(-c2ccc3oc(=O)cc(C(=O)OC)c3c2)cc1. The van der Waals surface area contributed by atoms with Crippen molar-refractivity contribution < 1.29 is 13.9 Å². The Kier molecular flexibility index (Phi) is 3.81. The van der Waals surface area contributed by atoms with Crippen molar-refractivity contribution >= 4 is 23.0 Å². The van der Waals surface area contributed by atoms with Gasteiger partial charge in [-0.2, -0.15) is 0 Å². The number of hydrogen-bond donors (Lipinski definition) is 0. The maximum atomic E-state index is 11.9. The Labute approximate surface area is 132 Å². The molecule has 0 N–H and O–H groups in total. The number of benzene rings is 2. The minimum absolute atomic E-state index is 0.198. The second kappa shape index (κ2) is 5.93. The van der Waals surface area contributed by atoms with Crippen LogP contribution in [-0.4, -0.2) is 13.1 Å². The summed E-state index contributed by atoms with van der Waals surface area (Å²) in [6.45, 7) is 3.73. The van der Waals surface area contributed by atoms with Gasteiger partial charge in [0.2, 0.25) is 0 Å². The van der Waals surface area contributed by atoms with Crippen molar-refractivity contribution in [3.8, 4) is 11.1 Å². The zero-order chi connectivity index (χ0) is 16.4. The summed E-state index contributed by atoms with van der Waals surface area (Å²) < 4.78 is 9.89. The first kappa shape index (κ1) is 14.8. The van der Waals surface area contributed by atoms with Crippen molar-refractivity contribution in [2.45, 2.75) is 0 Å². The number of fused-ring (bicyclic) bond motifs is 1. The normalized spacial score (nSPS) is 10.5. The molecule has 0 spiro atoms. The van der Waals surface area contributed by atoms with Crippen LogP contribution in [0.4, 0.5) is 0 Å². The third-order valence-corrected chi connectivity index (χ3v) is 3.63. The van der Waals surface area contributed by atoms with Crippen molar-refractivity contribution in [3.05, 3.63) is 76.7 Å². The molecule has 0 amide bonds. The van der Waals surface area contributed by atoms with Crippen LogP contribution in [0, 0.1) is 0 Å². The Balaban J connectivity index is 2.20. The maximum absolute atomic E-state index is 11.9. The highest BCUT2D eigenvalue weighted by Crippen LogP contribution is 2.26. The third kappa shape index (κ3) is 2.79. The molecule has 2 aromatic carbocycles. The Morgan fingerprint density at radius 3 is 2.43 bits per heavy atom. The Hall–Kier alpha value is -3.14. The molecule has 0 bridgehead atoms. The highest BCUT2D eigenvalue weighted by molar-refractivity contribution is 6.03. The van der Waals surface area contributed by atoms with Crippen LogP contribution in [-0.2, 0) is 4.74 Å². The van der Waals surface area contributed by atoms with Crippen LogP contribution >= 0.6 is 0 Å². The van der Waals surface area contributed by atoms with Crippen LogP contribution in [0.1, 0.15) is 15.9 Å². The highest BCUT2D eigenvalue weighted by Gasteiger charge is 2.14. The largest absolute Gasteiger partial charge is 0.465 e. The summed E-state index contributed by atoms with van der Waals surface area (Å²) in [4.78, 5) is 23.5. The number of carbonyl (C=O) groups excluding carboxylic acids is 1. The smallest absolute Gasteiger partial charge is 0.338 e. The van der Waals surface area contributed by atoms with Crippen LogP contribution in [0.3, 0.4) is 0 Å². The van der Waals surface area contributed by atoms with Crippen molar-refractivity contribution in [1.82, 2.24) is 0 Å². The van der Waals surface area contributed by atoms with Crippen LogP contribution in [0.5, 0.6) is 0 Å². The van der Waals surface area contributed by atoms with E-state index in [1.165, 1.54) is 7.11 Å². The average Bonchev–Trinajstić information content (AvgIpc) is 2.60. The standard InChI is InChI=1S/C19H14O4/c1-3-12-4-6-13(7-5-12)14-8-9-17-15(10-14)16(19(21)22-2)11-18(20)23-17/h3-11H,1H2,2H3. The fraction of sp³-hybridized carbons (Fsp3) is 0.0526. The molecule has 0 aliphatic carbocycles. The molecule has 0 radical (unpaired) electrons. The topological polar surface area (TPSA) is 56.5 Å². The van der Waals surface area contributed by atoms with Crippen LogP contribution < -0.4 is 5.63 Å². The molecule has 23 heavy (non-hydrogen) atoms. The van der Waals surface area contributed by atoms with E-state index in [2.05, 4.69) is 6.58 Å². The van der Waals surface area contributed by atoms with Crippen LogP contribution in [0.25, 0.3) is 28.2 Å². The van der Waals surface area contributed by atoms with Gasteiger partial charge in [-0.25, -0.2) is 9.59 Å². The predicted octanol–water partition coefficient (Wildman–Crippen LogP) is 3.89. The number of ether oxygens (including phenoxy) is 1. The first-order valence-corrected chi connectivity index (χ1v) is 7.01. The lowest BCUT2D eigenvalue weighted by atomic mass is 10.0. The highest BCUT2D eigenvalue weighted by atomic mass is 16.5. The van der Waals surface area contributed by atoms with Gasteiger partial charge in [-0.1, -0.05) is 43.0 Å². The molecule has 0 fully saturated rings. The summed E-state index contributed by atoms with van der Waals surface area (Å²) >= 11 is 0. The monoisotopic (exact) mass is 306 g/mol.